The largest absolute Gasteiger partial charge is 0.508 e. The lowest BCUT2D eigenvalue weighted by Crippen LogP contribution is -2.01. The summed E-state index contributed by atoms with van der Waals surface area (Å²) in [6.45, 7) is 2.42. The highest BCUT2D eigenvalue weighted by atomic mass is 79.9. The van der Waals surface area contributed by atoms with Gasteiger partial charge in [-0.15, -0.1) is 0 Å². The highest BCUT2D eigenvalue weighted by Crippen LogP contribution is 2.30. The molecule has 106 valence electrons. The van der Waals surface area contributed by atoms with Crippen LogP contribution in [0.3, 0.4) is 0 Å². The highest BCUT2D eigenvalue weighted by molar-refractivity contribution is 9.10. The molecule has 3 nitrogen and oxygen atoms in total. The molecule has 0 radical (unpaired) electrons. The number of anilines is 1. The van der Waals surface area contributed by atoms with Gasteiger partial charge in [0.15, 0.2) is 0 Å². The fourth-order valence-electron chi connectivity index (χ4n) is 1.80. The van der Waals surface area contributed by atoms with Gasteiger partial charge in [-0.3, -0.25) is 0 Å². The van der Waals surface area contributed by atoms with Gasteiger partial charge in [-0.05, 0) is 58.7 Å². The van der Waals surface area contributed by atoms with E-state index >= 15 is 0 Å². The van der Waals surface area contributed by atoms with E-state index in [0.29, 0.717) is 17.3 Å². The molecule has 0 saturated carbocycles. The number of phenols is 1. The summed E-state index contributed by atoms with van der Waals surface area (Å²) in [6.07, 6.45) is 0. The fraction of sp³-hybridized carbons (Fsp3) is 0.200. The zero-order chi connectivity index (χ0) is 14.7. The second-order valence-corrected chi connectivity index (χ2v) is 5.69. The third kappa shape index (κ3) is 3.38. The Morgan fingerprint density at radius 2 is 2.05 bits per heavy atom. The van der Waals surface area contributed by atoms with Gasteiger partial charge in [-0.25, -0.2) is 0 Å². The first-order valence-electron chi connectivity index (χ1n) is 6.06. The van der Waals surface area contributed by atoms with Gasteiger partial charge < -0.3 is 15.2 Å². The predicted molar refractivity (Wildman–Crippen MR) is 85.9 cm³/mol. The second-order valence-electron chi connectivity index (χ2n) is 4.43. The highest BCUT2D eigenvalue weighted by Gasteiger charge is 2.07. The van der Waals surface area contributed by atoms with Gasteiger partial charge in [0.25, 0.3) is 0 Å². The number of ether oxygens (including phenoxy) is 1. The standard InChI is InChI=1S/C15H15BrClNO2/c1-9-5-12(16)14(7-13(9)17)18-8-10-6-11(20-2)3-4-15(10)19/h3-7,18-19H,8H2,1-2H3. The molecular weight excluding hydrogens is 342 g/mol. The molecule has 0 aliphatic heterocycles. The van der Waals surface area contributed by atoms with E-state index in [1.165, 1.54) is 0 Å². The molecule has 5 heteroatoms. The summed E-state index contributed by atoms with van der Waals surface area (Å²) < 4.78 is 6.08. The smallest absolute Gasteiger partial charge is 0.120 e. The van der Waals surface area contributed by atoms with Crippen LogP contribution >= 0.6 is 27.5 Å². The molecule has 0 unspecified atom stereocenters. The van der Waals surface area contributed by atoms with Crippen LogP contribution in [-0.2, 0) is 6.54 Å². The number of aryl methyl sites for hydroxylation is 1. The summed E-state index contributed by atoms with van der Waals surface area (Å²) in [6, 6.07) is 8.95. The fourth-order valence-corrected chi connectivity index (χ4v) is 2.56. The Hall–Kier alpha value is -1.39. The SMILES string of the molecule is COc1ccc(O)c(CNc2cc(Cl)c(C)cc2Br)c1. The van der Waals surface area contributed by atoms with Crippen molar-refractivity contribution >= 4 is 33.2 Å². The van der Waals surface area contributed by atoms with Crippen LogP contribution in [0.2, 0.25) is 5.02 Å². The minimum Gasteiger partial charge on any atom is -0.508 e. The summed E-state index contributed by atoms with van der Waals surface area (Å²) >= 11 is 9.61. The van der Waals surface area contributed by atoms with Gasteiger partial charge >= 0.3 is 0 Å². The summed E-state index contributed by atoms with van der Waals surface area (Å²) in [5.74, 6) is 0.938. The molecule has 2 aromatic carbocycles. The lowest BCUT2D eigenvalue weighted by atomic mass is 10.1. The molecule has 0 aliphatic carbocycles. The first-order valence-corrected chi connectivity index (χ1v) is 7.23. The van der Waals surface area contributed by atoms with Crippen molar-refractivity contribution in [1.29, 1.82) is 0 Å². The molecule has 0 aromatic heterocycles. The van der Waals surface area contributed by atoms with Crippen molar-refractivity contribution in [2.45, 2.75) is 13.5 Å². The van der Waals surface area contributed by atoms with Crippen LogP contribution in [-0.4, -0.2) is 12.2 Å². The normalized spacial score (nSPS) is 10.4. The Balaban J connectivity index is 2.18. The molecule has 2 aromatic rings. The maximum absolute atomic E-state index is 9.84. The van der Waals surface area contributed by atoms with E-state index in [2.05, 4.69) is 21.2 Å². The Labute approximate surface area is 131 Å². The number of halogens is 2. The van der Waals surface area contributed by atoms with Gasteiger partial charge in [0.1, 0.15) is 11.5 Å². The van der Waals surface area contributed by atoms with Crippen LogP contribution in [0.25, 0.3) is 0 Å². The van der Waals surface area contributed by atoms with E-state index in [1.54, 1.807) is 25.3 Å². The number of hydrogen-bond acceptors (Lipinski definition) is 3. The number of benzene rings is 2. The quantitative estimate of drug-likeness (QED) is 0.831. The number of nitrogens with one attached hydrogen (secondary N) is 1. The van der Waals surface area contributed by atoms with Crippen molar-refractivity contribution in [3.63, 3.8) is 0 Å². The van der Waals surface area contributed by atoms with Gasteiger partial charge in [0.2, 0.25) is 0 Å². The van der Waals surface area contributed by atoms with Crippen molar-refractivity contribution in [2.75, 3.05) is 12.4 Å². The van der Waals surface area contributed by atoms with E-state index in [4.69, 9.17) is 16.3 Å². The number of hydrogen-bond donors (Lipinski definition) is 2. The minimum atomic E-state index is 0.229. The van der Waals surface area contributed by atoms with Crippen LogP contribution in [0.4, 0.5) is 5.69 Å². The van der Waals surface area contributed by atoms with Crippen LogP contribution in [0.5, 0.6) is 11.5 Å². The lowest BCUT2D eigenvalue weighted by Gasteiger charge is -2.12. The number of methoxy groups -OCH3 is 1. The third-order valence-electron chi connectivity index (χ3n) is 3.00. The van der Waals surface area contributed by atoms with E-state index in [-0.39, 0.29) is 5.75 Å². The Bertz CT molecular complexity index is 632. The van der Waals surface area contributed by atoms with Crippen molar-refractivity contribution in [1.82, 2.24) is 0 Å². The number of aromatic hydroxyl groups is 1. The first-order chi connectivity index (χ1) is 9.51. The summed E-state index contributed by atoms with van der Waals surface area (Å²) in [7, 11) is 1.60. The maximum Gasteiger partial charge on any atom is 0.120 e. The molecule has 0 atom stereocenters. The summed E-state index contributed by atoms with van der Waals surface area (Å²) in [5.41, 5.74) is 2.64. The van der Waals surface area contributed by atoms with Gasteiger partial charge in [-0.2, -0.15) is 0 Å². The van der Waals surface area contributed by atoms with Crippen LogP contribution in [0.1, 0.15) is 11.1 Å². The third-order valence-corrected chi connectivity index (χ3v) is 4.07. The molecule has 0 amide bonds. The van der Waals surface area contributed by atoms with E-state index < -0.39 is 0 Å². The summed E-state index contributed by atoms with van der Waals surface area (Å²) in [4.78, 5) is 0. The molecule has 0 fully saturated rings. The van der Waals surface area contributed by atoms with E-state index in [0.717, 1.165) is 21.3 Å². The lowest BCUT2D eigenvalue weighted by molar-refractivity contribution is 0.411. The maximum atomic E-state index is 9.84. The zero-order valence-electron chi connectivity index (χ0n) is 11.2. The Morgan fingerprint density at radius 3 is 2.75 bits per heavy atom. The molecule has 2 rings (SSSR count). The average molecular weight is 357 g/mol. The van der Waals surface area contributed by atoms with E-state index in [1.807, 2.05) is 19.1 Å². The Kier molecular flexibility index (Phi) is 4.78. The van der Waals surface area contributed by atoms with Crippen molar-refractivity contribution in [3.05, 3.63) is 51.0 Å². The predicted octanol–water partition coefficient (Wildman–Crippen LogP) is 4.74. The van der Waals surface area contributed by atoms with Crippen molar-refractivity contribution in [3.8, 4) is 11.5 Å². The molecule has 0 heterocycles. The van der Waals surface area contributed by atoms with E-state index in [9.17, 15) is 5.11 Å². The Morgan fingerprint density at radius 1 is 1.30 bits per heavy atom. The molecule has 0 aliphatic rings. The molecule has 0 saturated heterocycles. The average Bonchev–Trinajstić information content (AvgIpc) is 2.43. The zero-order valence-corrected chi connectivity index (χ0v) is 13.5. The van der Waals surface area contributed by atoms with Crippen molar-refractivity contribution in [2.24, 2.45) is 0 Å². The molecule has 0 spiro atoms. The number of rotatable bonds is 4. The second kappa shape index (κ2) is 6.37. The van der Waals surface area contributed by atoms with Crippen molar-refractivity contribution < 1.29 is 9.84 Å². The molecule has 0 bridgehead atoms. The van der Waals surface area contributed by atoms with Crippen LogP contribution < -0.4 is 10.1 Å². The minimum absolute atomic E-state index is 0.229. The molecular formula is C15H15BrClNO2. The first kappa shape index (κ1) is 15.0. The summed E-state index contributed by atoms with van der Waals surface area (Å²) in [5, 5.41) is 13.8. The van der Waals surface area contributed by atoms with Crippen LogP contribution in [0, 0.1) is 6.92 Å². The molecule has 2 N–H and O–H groups in total. The number of phenolic OH excluding ortho intramolecular Hbond substituents is 1. The molecule has 20 heavy (non-hydrogen) atoms. The van der Waals surface area contributed by atoms with Gasteiger partial charge in [0.05, 0.1) is 12.8 Å². The van der Waals surface area contributed by atoms with Crippen LogP contribution in [0.15, 0.2) is 34.8 Å². The van der Waals surface area contributed by atoms with Gasteiger partial charge in [-0.1, -0.05) is 11.6 Å². The topological polar surface area (TPSA) is 41.5 Å². The van der Waals surface area contributed by atoms with Gasteiger partial charge in [0, 0.05) is 21.6 Å². The monoisotopic (exact) mass is 355 g/mol.